The van der Waals surface area contributed by atoms with E-state index in [4.69, 9.17) is 28.7 Å². The van der Waals surface area contributed by atoms with E-state index in [2.05, 4.69) is 15.0 Å². The van der Waals surface area contributed by atoms with E-state index in [0.717, 1.165) is 5.56 Å². The number of methoxy groups -OCH3 is 1. The summed E-state index contributed by atoms with van der Waals surface area (Å²) in [4.78, 5) is 22.7. The molecule has 0 saturated heterocycles. The second-order valence-corrected chi connectivity index (χ2v) is 8.54. The summed E-state index contributed by atoms with van der Waals surface area (Å²) in [6.07, 6.45) is 1.79. The van der Waals surface area contributed by atoms with Gasteiger partial charge in [0, 0.05) is 6.54 Å². The van der Waals surface area contributed by atoms with Crippen molar-refractivity contribution in [2.45, 2.75) is 19.8 Å². The molecule has 0 bridgehead atoms. The Morgan fingerprint density at radius 1 is 1.14 bits per heavy atom. The first-order valence-corrected chi connectivity index (χ1v) is 11.8. The minimum absolute atomic E-state index is 0.0137. The summed E-state index contributed by atoms with van der Waals surface area (Å²) in [6, 6.07) is 12.4. The Morgan fingerprint density at radius 3 is 2.69 bits per heavy atom. The van der Waals surface area contributed by atoms with Crippen LogP contribution in [0.3, 0.4) is 0 Å². The van der Waals surface area contributed by atoms with Crippen molar-refractivity contribution in [3.63, 3.8) is 0 Å². The Hall–Kier alpha value is -3.64. The van der Waals surface area contributed by atoms with Crippen molar-refractivity contribution in [1.29, 1.82) is 0 Å². The fourth-order valence-corrected chi connectivity index (χ4v) is 4.12. The van der Waals surface area contributed by atoms with Gasteiger partial charge in [-0.1, -0.05) is 30.3 Å². The van der Waals surface area contributed by atoms with Crippen LogP contribution in [0.1, 0.15) is 11.3 Å². The molecule has 0 aliphatic heterocycles. The number of ether oxygens (including phenoxy) is 2. The molecular formula is C21H23N6O7P. The molecule has 184 valence electrons. The highest BCUT2D eigenvalue weighted by atomic mass is 31.2. The molecule has 13 nitrogen and oxygen atoms in total. The second kappa shape index (κ2) is 11.7. The van der Waals surface area contributed by atoms with Gasteiger partial charge in [0.05, 0.1) is 32.7 Å². The molecule has 1 aromatic carbocycles. The number of rotatable bonds is 13. The lowest BCUT2D eigenvalue weighted by molar-refractivity contribution is -0.402. The number of fused-ring (bicyclic) bond motifs is 1. The highest BCUT2D eigenvalue weighted by molar-refractivity contribution is 7.46. The smallest absolute Gasteiger partial charge is 0.433 e. The number of nitrogens with two attached hydrogens (primary N) is 1. The molecule has 0 aliphatic rings. The molecule has 1 atom stereocenters. The summed E-state index contributed by atoms with van der Waals surface area (Å²) in [5.41, 5.74) is 7.78. The molecule has 3 heterocycles. The minimum atomic E-state index is -1.47. The van der Waals surface area contributed by atoms with Crippen molar-refractivity contribution in [2.75, 3.05) is 25.8 Å². The zero-order valence-electron chi connectivity index (χ0n) is 18.8. The molecule has 2 N–H and O–H groups in total. The number of nitrogen functional groups attached to an aromatic ring is 1. The molecular weight excluding hydrogens is 479 g/mol. The lowest BCUT2D eigenvalue weighted by Crippen LogP contribution is -2.08. The van der Waals surface area contributed by atoms with Gasteiger partial charge >= 0.3 is 5.88 Å². The van der Waals surface area contributed by atoms with Crippen LogP contribution in [0.2, 0.25) is 0 Å². The fraction of sp³-hybridized carbons (Fsp3) is 0.286. The van der Waals surface area contributed by atoms with Crippen molar-refractivity contribution in [3.8, 4) is 5.88 Å². The maximum atomic E-state index is 10.8. The second-order valence-electron chi connectivity index (χ2n) is 7.10. The predicted molar refractivity (Wildman–Crippen MR) is 125 cm³/mol. The molecule has 4 aromatic rings. The number of hydrogen-bond acceptors (Lipinski definition) is 11. The van der Waals surface area contributed by atoms with Crippen LogP contribution < -0.4 is 10.5 Å². The van der Waals surface area contributed by atoms with Crippen LogP contribution in [0.25, 0.3) is 11.2 Å². The Bertz CT molecular complexity index is 1270. The summed E-state index contributed by atoms with van der Waals surface area (Å²) >= 11 is 0. The van der Waals surface area contributed by atoms with Gasteiger partial charge in [-0.3, -0.25) is 10.1 Å². The average Bonchev–Trinajstić information content (AvgIpc) is 3.50. The molecule has 0 aliphatic carbocycles. The van der Waals surface area contributed by atoms with E-state index >= 15 is 0 Å². The normalized spacial score (nSPS) is 12.1. The first-order valence-electron chi connectivity index (χ1n) is 10.4. The molecule has 0 radical (unpaired) electrons. The van der Waals surface area contributed by atoms with Gasteiger partial charge in [0.15, 0.2) is 19.5 Å². The van der Waals surface area contributed by atoms with Crippen LogP contribution in [0.5, 0.6) is 5.88 Å². The highest BCUT2D eigenvalue weighted by Gasteiger charge is 2.17. The largest absolute Gasteiger partial charge is 0.479 e. The third-order valence-electron chi connectivity index (χ3n) is 4.71. The summed E-state index contributed by atoms with van der Waals surface area (Å²) in [5, 5.41) is 10.8. The van der Waals surface area contributed by atoms with E-state index in [-0.39, 0.29) is 24.8 Å². The van der Waals surface area contributed by atoms with Gasteiger partial charge in [-0.15, -0.1) is 0 Å². The number of imidazole rings is 1. The Kier molecular flexibility index (Phi) is 8.16. The van der Waals surface area contributed by atoms with Gasteiger partial charge in [-0.2, -0.15) is 9.97 Å². The van der Waals surface area contributed by atoms with Crippen molar-refractivity contribution in [1.82, 2.24) is 19.5 Å². The van der Waals surface area contributed by atoms with Gasteiger partial charge in [-0.25, -0.2) is 4.98 Å². The van der Waals surface area contributed by atoms with Crippen molar-refractivity contribution in [2.24, 2.45) is 0 Å². The minimum Gasteiger partial charge on any atom is -0.479 e. The van der Waals surface area contributed by atoms with Gasteiger partial charge in [0.25, 0.3) is 0 Å². The standard InChI is InChI=1S/C21H23N6O7P/c1-30-20-18-19(24-21(22)25-20)26(13-23-18)9-10-31-14-35(32-11-15-5-3-2-4-6-15)33-12-16-7-8-17(34-16)27(28)29/h2-8,13H,9-12,14H2,1H3,(H2,22,24,25). The van der Waals surface area contributed by atoms with E-state index in [1.807, 2.05) is 30.3 Å². The van der Waals surface area contributed by atoms with Crippen LogP contribution in [0.15, 0.2) is 53.2 Å². The quantitative estimate of drug-likeness (QED) is 0.123. The summed E-state index contributed by atoms with van der Waals surface area (Å²) in [7, 11) is 0.0148. The predicted octanol–water partition coefficient (Wildman–Crippen LogP) is 3.64. The SMILES string of the molecule is COc1nc(N)nc2c1ncn2CCOCP(OCc1ccccc1)OCc1ccc([N+](=O)[O-])o1. The van der Waals surface area contributed by atoms with Crippen LogP contribution >= 0.6 is 8.38 Å². The number of aromatic nitrogens is 4. The van der Waals surface area contributed by atoms with Gasteiger partial charge < -0.3 is 33.2 Å². The zero-order chi connectivity index (χ0) is 24.6. The van der Waals surface area contributed by atoms with Crippen LogP contribution in [-0.2, 0) is 33.5 Å². The molecule has 0 saturated carbocycles. The zero-order valence-corrected chi connectivity index (χ0v) is 19.7. The van der Waals surface area contributed by atoms with Crippen molar-refractivity contribution >= 4 is 31.4 Å². The molecule has 4 rings (SSSR count). The van der Waals surface area contributed by atoms with Gasteiger partial charge in [-0.05, 0) is 11.6 Å². The monoisotopic (exact) mass is 502 g/mol. The lowest BCUT2D eigenvalue weighted by Gasteiger charge is -2.17. The number of furan rings is 1. The van der Waals surface area contributed by atoms with Crippen LogP contribution in [0, 0.1) is 10.1 Å². The first kappa shape index (κ1) is 24.5. The Balaban J connectivity index is 1.34. The van der Waals surface area contributed by atoms with Crippen molar-refractivity contribution < 1.29 is 27.9 Å². The summed E-state index contributed by atoms with van der Waals surface area (Å²) in [6.45, 7) is 1.11. The number of anilines is 1. The van der Waals surface area contributed by atoms with E-state index in [1.165, 1.54) is 19.2 Å². The maximum absolute atomic E-state index is 10.8. The summed E-state index contributed by atoms with van der Waals surface area (Å²) in [5.74, 6) is 0.365. The van der Waals surface area contributed by atoms with Crippen LogP contribution in [0.4, 0.5) is 11.8 Å². The molecule has 3 aromatic heterocycles. The van der Waals surface area contributed by atoms with E-state index in [1.54, 1.807) is 10.9 Å². The first-order chi connectivity index (χ1) is 17.0. The van der Waals surface area contributed by atoms with E-state index in [9.17, 15) is 10.1 Å². The topological polar surface area (TPSA) is 163 Å². The molecule has 1 unspecified atom stereocenters. The van der Waals surface area contributed by atoms with Crippen molar-refractivity contribution in [3.05, 3.63) is 70.2 Å². The number of nitro groups is 1. The molecule has 0 amide bonds. The number of benzene rings is 1. The van der Waals surface area contributed by atoms with Gasteiger partial charge in [0.2, 0.25) is 11.8 Å². The maximum Gasteiger partial charge on any atom is 0.433 e. The highest BCUT2D eigenvalue weighted by Crippen LogP contribution is 2.40. The molecule has 0 fully saturated rings. The summed E-state index contributed by atoms with van der Waals surface area (Å²) < 4.78 is 29.7. The van der Waals surface area contributed by atoms with Gasteiger partial charge in [0.1, 0.15) is 23.6 Å². The number of hydrogen-bond donors (Lipinski definition) is 1. The van der Waals surface area contributed by atoms with Crippen LogP contribution in [-0.4, -0.2) is 44.5 Å². The Labute approximate surface area is 200 Å². The molecule has 0 spiro atoms. The third-order valence-corrected chi connectivity index (χ3v) is 5.94. The van der Waals surface area contributed by atoms with E-state index in [0.29, 0.717) is 42.6 Å². The molecule has 35 heavy (non-hydrogen) atoms. The average molecular weight is 502 g/mol. The molecule has 14 heteroatoms. The lowest BCUT2D eigenvalue weighted by atomic mass is 10.2. The fourth-order valence-electron chi connectivity index (χ4n) is 3.05. The Morgan fingerprint density at radius 2 is 1.94 bits per heavy atom. The van der Waals surface area contributed by atoms with E-state index < -0.39 is 13.3 Å². The third kappa shape index (κ3) is 6.49. The number of nitrogens with zero attached hydrogens (tertiary/aromatic N) is 5.